The van der Waals surface area contributed by atoms with Gasteiger partial charge in [-0.05, 0) is 31.0 Å². The van der Waals surface area contributed by atoms with Crippen LogP contribution in [0.5, 0.6) is 0 Å². The molecule has 0 aliphatic rings. The van der Waals surface area contributed by atoms with Crippen molar-refractivity contribution in [2.45, 2.75) is 33.1 Å². The summed E-state index contributed by atoms with van der Waals surface area (Å²) in [7, 11) is 0. The Bertz CT molecular complexity index is 1070. The fourth-order valence-electron chi connectivity index (χ4n) is 2.47. The van der Waals surface area contributed by atoms with E-state index >= 15 is 0 Å². The monoisotopic (exact) mass is 368 g/mol. The van der Waals surface area contributed by atoms with Gasteiger partial charge in [0.05, 0.1) is 23.7 Å². The predicted molar refractivity (Wildman–Crippen MR) is 101 cm³/mol. The first-order chi connectivity index (χ1) is 12.9. The summed E-state index contributed by atoms with van der Waals surface area (Å²) in [6.07, 6.45) is 1.49. The Labute approximate surface area is 154 Å². The number of H-pyrrole nitrogens is 2. The summed E-state index contributed by atoms with van der Waals surface area (Å²) in [5, 5.41) is 2.94. The smallest absolute Gasteiger partial charge is 0.327 e. The molecule has 140 valence electrons. The van der Waals surface area contributed by atoms with Crippen molar-refractivity contribution in [3.63, 3.8) is 0 Å². The van der Waals surface area contributed by atoms with Crippen LogP contribution >= 0.6 is 0 Å². The molecule has 8 nitrogen and oxygen atoms in total. The highest BCUT2D eigenvalue weighted by atomic mass is 16.5. The van der Waals surface area contributed by atoms with Crippen molar-refractivity contribution in [1.82, 2.24) is 20.3 Å². The molecule has 0 spiro atoms. The van der Waals surface area contributed by atoms with E-state index in [0.29, 0.717) is 13.2 Å². The van der Waals surface area contributed by atoms with Gasteiger partial charge in [-0.3, -0.25) is 19.6 Å². The number of hydrogen-bond donors (Lipinski definition) is 3. The summed E-state index contributed by atoms with van der Waals surface area (Å²) in [5.74, 6) is -0.359. The molecule has 1 amide bonds. The first-order valence-electron chi connectivity index (χ1n) is 8.52. The number of benzene rings is 1. The zero-order chi connectivity index (χ0) is 19.4. The molecule has 3 rings (SSSR count). The summed E-state index contributed by atoms with van der Waals surface area (Å²) < 4.78 is 5.55. The van der Waals surface area contributed by atoms with Crippen molar-refractivity contribution in [3.05, 3.63) is 74.1 Å². The zero-order valence-corrected chi connectivity index (χ0v) is 15.0. The first-order valence-corrected chi connectivity index (χ1v) is 8.52. The minimum absolute atomic E-state index is 0.138. The Morgan fingerprint density at radius 3 is 2.56 bits per heavy atom. The number of carbonyl (C=O) groups is 1. The fraction of sp³-hybridized carbons (Fsp3) is 0.263. The molecular weight excluding hydrogens is 348 g/mol. The lowest BCUT2D eigenvalue weighted by Gasteiger charge is -2.09. The number of aromatic nitrogens is 3. The van der Waals surface area contributed by atoms with Gasteiger partial charge < -0.3 is 10.1 Å². The number of hydrogen-bond acceptors (Lipinski definition) is 5. The number of nitrogens with one attached hydrogen (secondary N) is 3. The van der Waals surface area contributed by atoms with E-state index in [0.717, 1.165) is 11.1 Å². The average Bonchev–Trinajstić information content (AvgIpc) is 2.65. The number of pyridine rings is 1. The third kappa shape index (κ3) is 4.68. The highest BCUT2D eigenvalue weighted by molar-refractivity contribution is 5.96. The van der Waals surface area contributed by atoms with E-state index in [4.69, 9.17) is 4.74 Å². The number of rotatable bonds is 6. The number of ether oxygens (including phenoxy) is 1. The standard InChI is InChI=1S/C19H20N4O4/c1-11(2)27-10-13-5-3-12(4-6-13)8-21-17(24)14-7-15-16(20-9-14)22-19(26)23-18(15)25/h3-7,9,11H,8,10H2,1-2H3,(H,21,24)(H2,20,22,23,25,26). The molecule has 2 heterocycles. The Hall–Kier alpha value is -3.26. The van der Waals surface area contributed by atoms with Crippen LogP contribution in [0.15, 0.2) is 46.1 Å². The van der Waals surface area contributed by atoms with Crippen molar-refractivity contribution in [3.8, 4) is 0 Å². The molecule has 0 aliphatic heterocycles. The van der Waals surface area contributed by atoms with E-state index in [2.05, 4.69) is 20.3 Å². The molecule has 1 aromatic carbocycles. The lowest BCUT2D eigenvalue weighted by atomic mass is 10.1. The minimum atomic E-state index is -0.639. The van der Waals surface area contributed by atoms with Gasteiger partial charge in [-0.25, -0.2) is 9.78 Å². The van der Waals surface area contributed by atoms with Crippen LogP contribution in [0, 0.1) is 0 Å². The van der Waals surface area contributed by atoms with Crippen LogP contribution in [0.25, 0.3) is 11.0 Å². The second kappa shape index (κ2) is 7.96. The van der Waals surface area contributed by atoms with Crippen molar-refractivity contribution >= 4 is 16.9 Å². The van der Waals surface area contributed by atoms with E-state index in [1.165, 1.54) is 12.3 Å². The van der Waals surface area contributed by atoms with Crippen LogP contribution in [0.2, 0.25) is 0 Å². The minimum Gasteiger partial charge on any atom is -0.374 e. The Morgan fingerprint density at radius 2 is 1.85 bits per heavy atom. The SMILES string of the molecule is CC(C)OCc1ccc(CNC(=O)c2cnc3[nH]c(=O)[nH]c(=O)c3c2)cc1. The average molecular weight is 368 g/mol. The van der Waals surface area contributed by atoms with Gasteiger partial charge in [0, 0.05) is 12.7 Å². The van der Waals surface area contributed by atoms with Gasteiger partial charge in [0.15, 0.2) is 0 Å². The van der Waals surface area contributed by atoms with Crippen LogP contribution in [0.4, 0.5) is 0 Å². The second-order valence-corrected chi connectivity index (χ2v) is 6.39. The third-order valence-corrected chi connectivity index (χ3v) is 3.91. The topological polar surface area (TPSA) is 117 Å². The number of aromatic amines is 2. The quantitative estimate of drug-likeness (QED) is 0.609. The van der Waals surface area contributed by atoms with Crippen LogP contribution in [-0.2, 0) is 17.9 Å². The molecule has 8 heteroatoms. The Kier molecular flexibility index (Phi) is 5.46. The molecule has 0 radical (unpaired) electrons. The molecule has 0 saturated heterocycles. The van der Waals surface area contributed by atoms with Crippen molar-refractivity contribution in [2.24, 2.45) is 0 Å². The molecular formula is C19H20N4O4. The number of amides is 1. The molecule has 2 aromatic heterocycles. The maximum absolute atomic E-state index is 12.3. The maximum atomic E-state index is 12.3. The summed E-state index contributed by atoms with van der Waals surface area (Å²) in [4.78, 5) is 43.9. The summed E-state index contributed by atoms with van der Waals surface area (Å²) in [6, 6.07) is 9.16. The van der Waals surface area contributed by atoms with Gasteiger partial charge in [0.1, 0.15) is 5.65 Å². The van der Waals surface area contributed by atoms with E-state index in [1.54, 1.807) is 0 Å². The van der Waals surface area contributed by atoms with E-state index in [9.17, 15) is 14.4 Å². The molecule has 0 aliphatic carbocycles. The van der Waals surface area contributed by atoms with Crippen LogP contribution < -0.4 is 16.6 Å². The van der Waals surface area contributed by atoms with Gasteiger partial charge in [-0.1, -0.05) is 24.3 Å². The van der Waals surface area contributed by atoms with Crippen molar-refractivity contribution in [1.29, 1.82) is 0 Å². The van der Waals surface area contributed by atoms with E-state index in [1.807, 2.05) is 38.1 Å². The molecule has 3 N–H and O–H groups in total. The largest absolute Gasteiger partial charge is 0.374 e. The highest BCUT2D eigenvalue weighted by Gasteiger charge is 2.10. The van der Waals surface area contributed by atoms with Gasteiger partial charge in [-0.2, -0.15) is 0 Å². The molecule has 3 aromatic rings. The third-order valence-electron chi connectivity index (χ3n) is 3.91. The van der Waals surface area contributed by atoms with Crippen LogP contribution in [-0.4, -0.2) is 27.0 Å². The van der Waals surface area contributed by atoms with Gasteiger partial charge in [0.2, 0.25) is 0 Å². The normalized spacial score (nSPS) is 11.1. The molecule has 0 bridgehead atoms. The van der Waals surface area contributed by atoms with Gasteiger partial charge in [-0.15, -0.1) is 0 Å². The molecule has 0 atom stereocenters. The molecule has 27 heavy (non-hydrogen) atoms. The maximum Gasteiger partial charge on any atom is 0.327 e. The van der Waals surface area contributed by atoms with Gasteiger partial charge in [0.25, 0.3) is 11.5 Å². The molecule has 0 fully saturated rings. The molecule has 0 unspecified atom stereocenters. The first kappa shape index (κ1) is 18.5. The number of nitrogens with zero attached hydrogens (tertiary/aromatic N) is 1. The highest BCUT2D eigenvalue weighted by Crippen LogP contribution is 2.09. The Morgan fingerprint density at radius 1 is 1.15 bits per heavy atom. The van der Waals surface area contributed by atoms with Crippen LogP contribution in [0.3, 0.4) is 0 Å². The van der Waals surface area contributed by atoms with E-state index < -0.39 is 11.2 Å². The van der Waals surface area contributed by atoms with Crippen molar-refractivity contribution < 1.29 is 9.53 Å². The predicted octanol–water partition coefficient (Wildman–Crippen LogP) is 1.47. The zero-order valence-electron chi connectivity index (χ0n) is 15.0. The van der Waals surface area contributed by atoms with Crippen LogP contribution in [0.1, 0.15) is 35.3 Å². The summed E-state index contributed by atoms with van der Waals surface area (Å²) in [6.45, 7) is 4.85. The molecule has 0 saturated carbocycles. The van der Waals surface area contributed by atoms with Crippen molar-refractivity contribution in [2.75, 3.05) is 0 Å². The fourth-order valence-corrected chi connectivity index (χ4v) is 2.47. The number of carbonyl (C=O) groups excluding carboxylic acids is 1. The Balaban J connectivity index is 1.66. The van der Waals surface area contributed by atoms with Gasteiger partial charge >= 0.3 is 5.69 Å². The summed E-state index contributed by atoms with van der Waals surface area (Å²) in [5.41, 5.74) is 1.15. The van der Waals surface area contributed by atoms with E-state index in [-0.39, 0.29) is 28.6 Å². The summed E-state index contributed by atoms with van der Waals surface area (Å²) >= 11 is 0. The lowest BCUT2D eigenvalue weighted by Crippen LogP contribution is -2.25. The number of fused-ring (bicyclic) bond motifs is 1. The lowest BCUT2D eigenvalue weighted by molar-refractivity contribution is 0.0657. The second-order valence-electron chi connectivity index (χ2n) is 6.39.